The van der Waals surface area contributed by atoms with Gasteiger partial charge in [-0.1, -0.05) is 0 Å². The first-order chi connectivity index (χ1) is 9.28. The van der Waals surface area contributed by atoms with Gasteiger partial charge in [-0.15, -0.1) is 11.3 Å². The van der Waals surface area contributed by atoms with Gasteiger partial charge in [0.25, 0.3) is 0 Å². The molecule has 1 unspecified atom stereocenters. The topological polar surface area (TPSA) is 43.4 Å². The maximum atomic E-state index is 5.49. The number of hydrogen-bond acceptors (Lipinski definition) is 5. The highest BCUT2D eigenvalue weighted by molar-refractivity contribution is 7.10. The van der Waals surface area contributed by atoms with Crippen LogP contribution in [0.25, 0.3) is 0 Å². The molecule has 0 bridgehead atoms. The summed E-state index contributed by atoms with van der Waals surface area (Å²) in [6.07, 6.45) is 3.59. The molecular formula is C14H18N2O2S. The monoisotopic (exact) mass is 278 g/mol. The molecule has 0 aliphatic heterocycles. The molecule has 1 atom stereocenters. The molecule has 0 radical (unpaired) electrons. The molecule has 4 nitrogen and oxygen atoms in total. The third-order valence-electron chi connectivity index (χ3n) is 2.78. The van der Waals surface area contributed by atoms with Gasteiger partial charge in [0.1, 0.15) is 11.5 Å². The maximum Gasteiger partial charge on any atom is 0.137 e. The number of thiophene rings is 1. The molecule has 19 heavy (non-hydrogen) atoms. The minimum Gasteiger partial charge on any atom is -0.496 e. The van der Waals surface area contributed by atoms with Gasteiger partial charge in [-0.3, -0.25) is 4.98 Å². The summed E-state index contributed by atoms with van der Waals surface area (Å²) in [5, 5.41) is 5.30. The molecule has 2 heterocycles. The van der Waals surface area contributed by atoms with Crippen LogP contribution >= 0.6 is 11.3 Å². The molecule has 1 N–H and O–H groups in total. The Hall–Kier alpha value is -1.59. The van der Waals surface area contributed by atoms with Crippen molar-refractivity contribution >= 4 is 11.3 Å². The summed E-state index contributed by atoms with van der Waals surface area (Å²) in [4.78, 5) is 5.42. The first kappa shape index (κ1) is 13.8. The van der Waals surface area contributed by atoms with Crippen molar-refractivity contribution in [1.29, 1.82) is 0 Å². The lowest BCUT2D eigenvalue weighted by atomic mass is 10.1. The standard InChI is InChI=1S/C14H18N2O2S/c1-4-18-11-5-10(7-16-8-11)14(15-2)13-6-12(17-3)9-19-13/h5-9,14-15H,4H2,1-3H3. The van der Waals surface area contributed by atoms with E-state index in [-0.39, 0.29) is 6.04 Å². The number of nitrogens with zero attached hydrogens (tertiary/aromatic N) is 1. The van der Waals surface area contributed by atoms with Gasteiger partial charge in [-0.05, 0) is 31.7 Å². The Bertz CT molecular complexity index is 528. The van der Waals surface area contributed by atoms with Crippen LogP contribution in [0.4, 0.5) is 0 Å². The second-order valence-corrected chi connectivity index (χ2v) is 4.94. The van der Waals surface area contributed by atoms with E-state index in [0.29, 0.717) is 6.61 Å². The van der Waals surface area contributed by atoms with Crippen molar-refractivity contribution in [2.75, 3.05) is 20.8 Å². The normalized spacial score (nSPS) is 12.2. The van der Waals surface area contributed by atoms with Crippen molar-refractivity contribution in [2.45, 2.75) is 13.0 Å². The van der Waals surface area contributed by atoms with E-state index in [2.05, 4.69) is 10.3 Å². The quantitative estimate of drug-likeness (QED) is 0.882. The molecule has 2 aromatic rings. The van der Waals surface area contributed by atoms with E-state index in [1.54, 1.807) is 24.6 Å². The minimum atomic E-state index is 0.0989. The van der Waals surface area contributed by atoms with E-state index in [9.17, 15) is 0 Å². The minimum absolute atomic E-state index is 0.0989. The van der Waals surface area contributed by atoms with Crippen LogP contribution in [-0.4, -0.2) is 25.7 Å². The number of aromatic nitrogens is 1. The molecule has 0 aliphatic rings. The van der Waals surface area contributed by atoms with Crippen LogP contribution in [0.2, 0.25) is 0 Å². The van der Waals surface area contributed by atoms with Crippen molar-refractivity contribution in [3.05, 3.63) is 40.3 Å². The average molecular weight is 278 g/mol. The first-order valence-electron chi connectivity index (χ1n) is 6.16. The Balaban J connectivity index is 2.28. The Labute approximate surface area is 117 Å². The highest BCUT2D eigenvalue weighted by Gasteiger charge is 2.15. The first-order valence-corrected chi connectivity index (χ1v) is 7.03. The molecule has 0 saturated carbocycles. The summed E-state index contributed by atoms with van der Waals surface area (Å²) in [5.41, 5.74) is 1.08. The van der Waals surface area contributed by atoms with Crippen molar-refractivity contribution in [3.63, 3.8) is 0 Å². The predicted molar refractivity (Wildman–Crippen MR) is 77.2 cm³/mol. The number of hydrogen-bond donors (Lipinski definition) is 1. The van der Waals surface area contributed by atoms with Gasteiger partial charge < -0.3 is 14.8 Å². The fourth-order valence-electron chi connectivity index (χ4n) is 1.91. The Morgan fingerprint density at radius 1 is 1.32 bits per heavy atom. The van der Waals surface area contributed by atoms with E-state index >= 15 is 0 Å². The maximum absolute atomic E-state index is 5.49. The average Bonchev–Trinajstić information content (AvgIpc) is 2.89. The molecule has 102 valence electrons. The molecular weight excluding hydrogens is 260 g/mol. The zero-order chi connectivity index (χ0) is 13.7. The molecule has 0 aromatic carbocycles. The highest BCUT2D eigenvalue weighted by atomic mass is 32.1. The van der Waals surface area contributed by atoms with Gasteiger partial charge in [0.15, 0.2) is 0 Å². The van der Waals surface area contributed by atoms with Crippen LogP contribution in [0.5, 0.6) is 11.5 Å². The number of pyridine rings is 1. The van der Waals surface area contributed by atoms with Gasteiger partial charge in [0.2, 0.25) is 0 Å². The zero-order valence-corrected chi connectivity index (χ0v) is 12.2. The van der Waals surface area contributed by atoms with Crippen LogP contribution in [-0.2, 0) is 0 Å². The van der Waals surface area contributed by atoms with Crippen LogP contribution in [0.15, 0.2) is 29.9 Å². The van der Waals surface area contributed by atoms with E-state index in [4.69, 9.17) is 9.47 Å². The Kier molecular flexibility index (Phi) is 4.76. The number of nitrogens with one attached hydrogen (secondary N) is 1. The van der Waals surface area contributed by atoms with Crippen LogP contribution in [0.3, 0.4) is 0 Å². The number of rotatable bonds is 6. The lowest BCUT2D eigenvalue weighted by Crippen LogP contribution is -2.16. The Morgan fingerprint density at radius 2 is 2.16 bits per heavy atom. The van der Waals surface area contributed by atoms with Gasteiger partial charge >= 0.3 is 0 Å². The van der Waals surface area contributed by atoms with E-state index in [1.807, 2.05) is 37.7 Å². The third-order valence-corrected chi connectivity index (χ3v) is 3.76. The molecule has 0 saturated heterocycles. The predicted octanol–water partition coefficient (Wildman–Crippen LogP) is 2.86. The van der Waals surface area contributed by atoms with Crippen LogP contribution < -0.4 is 14.8 Å². The van der Waals surface area contributed by atoms with Crippen molar-refractivity contribution in [1.82, 2.24) is 10.3 Å². The number of ether oxygens (including phenoxy) is 2. The van der Waals surface area contributed by atoms with E-state index in [0.717, 1.165) is 17.1 Å². The molecule has 5 heteroatoms. The lowest BCUT2D eigenvalue weighted by molar-refractivity contribution is 0.338. The van der Waals surface area contributed by atoms with Crippen molar-refractivity contribution in [3.8, 4) is 11.5 Å². The fourth-order valence-corrected chi connectivity index (χ4v) is 2.90. The van der Waals surface area contributed by atoms with Gasteiger partial charge in [-0.2, -0.15) is 0 Å². The summed E-state index contributed by atoms with van der Waals surface area (Å²) >= 11 is 1.66. The summed E-state index contributed by atoms with van der Waals surface area (Å²) < 4.78 is 10.7. The van der Waals surface area contributed by atoms with Crippen LogP contribution in [0, 0.1) is 0 Å². The molecule has 0 aliphatic carbocycles. The largest absolute Gasteiger partial charge is 0.496 e. The van der Waals surface area contributed by atoms with Gasteiger partial charge in [-0.25, -0.2) is 0 Å². The SMILES string of the molecule is CCOc1cncc(C(NC)c2cc(OC)cs2)c1. The van der Waals surface area contributed by atoms with Crippen LogP contribution in [0.1, 0.15) is 23.4 Å². The second-order valence-electron chi connectivity index (χ2n) is 4.00. The number of methoxy groups -OCH3 is 1. The fraction of sp³-hybridized carbons (Fsp3) is 0.357. The smallest absolute Gasteiger partial charge is 0.137 e. The van der Waals surface area contributed by atoms with E-state index < -0.39 is 0 Å². The molecule has 2 rings (SSSR count). The van der Waals surface area contributed by atoms with Crippen molar-refractivity contribution < 1.29 is 9.47 Å². The molecule has 0 spiro atoms. The summed E-state index contributed by atoms with van der Waals surface area (Å²) in [6.45, 7) is 2.61. The third kappa shape index (κ3) is 3.24. The highest BCUT2D eigenvalue weighted by Crippen LogP contribution is 2.31. The Morgan fingerprint density at radius 3 is 2.79 bits per heavy atom. The van der Waals surface area contributed by atoms with Gasteiger partial charge in [0, 0.05) is 16.5 Å². The molecule has 0 fully saturated rings. The second kappa shape index (κ2) is 6.54. The molecule has 0 amide bonds. The van der Waals surface area contributed by atoms with E-state index in [1.165, 1.54) is 4.88 Å². The summed E-state index contributed by atoms with van der Waals surface area (Å²) in [7, 11) is 3.61. The zero-order valence-electron chi connectivity index (χ0n) is 11.3. The summed E-state index contributed by atoms with van der Waals surface area (Å²) in [5.74, 6) is 1.68. The van der Waals surface area contributed by atoms with Gasteiger partial charge in [0.05, 0.1) is 26.0 Å². The lowest BCUT2D eigenvalue weighted by Gasteiger charge is -2.15. The summed E-state index contributed by atoms with van der Waals surface area (Å²) in [6, 6.07) is 4.16. The molecule has 2 aromatic heterocycles. The van der Waals surface area contributed by atoms with Crippen molar-refractivity contribution in [2.24, 2.45) is 0 Å².